The number of ether oxygens (including phenoxy) is 1. The van der Waals surface area contributed by atoms with Crippen LogP contribution in [0.2, 0.25) is 0 Å². The molecule has 0 saturated heterocycles. The average Bonchev–Trinajstić information content (AvgIpc) is 2.31. The van der Waals surface area contributed by atoms with Gasteiger partial charge in [0.15, 0.2) is 0 Å². The van der Waals surface area contributed by atoms with Crippen molar-refractivity contribution in [1.29, 1.82) is 0 Å². The van der Waals surface area contributed by atoms with Crippen molar-refractivity contribution >= 4 is 5.97 Å². The average molecular weight is 203 g/mol. The number of hydrogen-bond donors (Lipinski definition) is 1. The van der Waals surface area contributed by atoms with Crippen molar-refractivity contribution in [2.75, 3.05) is 13.1 Å². The van der Waals surface area contributed by atoms with Crippen molar-refractivity contribution in [2.24, 2.45) is 0 Å². The maximum Gasteiger partial charge on any atom is 0.340 e. The smallest absolute Gasteiger partial charge is 0.340 e. The summed E-state index contributed by atoms with van der Waals surface area (Å²) < 4.78 is 5.21. The van der Waals surface area contributed by atoms with E-state index in [-0.39, 0.29) is 5.97 Å². The Kier molecular flexibility index (Phi) is 3.15. The van der Waals surface area contributed by atoms with Crippen molar-refractivity contribution in [2.45, 2.75) is 6.42 Å². The molecule has 2 rings (SSSR count). The van der Waals surface area contributed by atoms with Gasteiger partial charge in [-0.15, -0.1) is 0 Å². The lowest BCUT2D eigenvalue weighted by Crippen LogP contribution is -2.28. The zero-order chi connectivity index (χ0) is 10.5. The number of hydrogen-bond acceptors (Lipinski definition) is 3. The molecule has 1 heterocycles. The molecule has 0 atom stereocenters. The second-order valence-electron chi connectivity index (χ2n) is 3.40. The first-order chi connectivity index (χ1) is 7.36. The fraction of sp³-hybridized carbons (Fsp3) is 0.250. The maximum atomic E-state index is 11.6. The van der Waals surface area contributed by atoms with E-state index >= 15 is 0 Å². The van der Waals surface area contributed by atoms with Crippen molar-refractivity contribution in [3.8, 4) is 5.75 Å². The summed E-state index contributed by atoms with van der Waals surface area (Å²) in [5.74, 6) is 0.336. The minimum absolute atomic E-state index is 0.256. The standard InChI is InChI=1S/C12H13NO2/c14-12(10-5-4-8-13-9-10)15-11-6-2-1-3-7-11/h1-3,5-7,13H,4,8-9H2. The van der Waals surface area contributed by atoms with Crippen LogP contribution in [0, 0.1) is 0 Å². The molecule has 3 heteroatoms. The van der Waals surface area contributed by atoms with E-state index in [0.29, 0.717) is 17.9 Å². The molecule has 1 aromatic carbocycles. The normalized spacial score (nSPS) is 15.6. The topological polar surface area (TPSA) is 38.3 Å². The zero-order valence-corrected chi connectivity index (χ0v) is 8.40. The van der Waals surface area contributed by atoms with Gasteiger partial charge in [-0.1, -0.05) is 24.3 Å². The van der Waals surface area contributed by atoms with Gasteiger partial charge in [-0.25, -0.2) is 4.79 Å². The van der Waals surface area contributed by atoms with Crippen molar-refractivity contribution < 1.29 is 9.53 Å². The Bertz CT molecular complexity index is 370. The molecule has 1 aliphatic rings. The maximum absolute atomic E-state index is 11.6. The first-order valence-electron chi connectivity index (χ1n) is 5.03. The molecule has 1 aromatic rings. The number of carbonyl (C=O) groups is 1. The summed E-state index contributed by atoms with van der Waals surface area (Å²) in [5.41, 5.74) is 0.713. The molecule has 0 saturated carbocycles. The Morgan fingerprint density at radius 2 is 2.07 bits per heavy atom. The second kappa shape index (κ2) is 4.75. The lowest BCUT2D eigenvalue weighted by molar-refractivity contribution is -0.130. The monoisotopic (exact) mass is 203 g/mol. The summed E-state index contributed by atoms with van der Waals surface area (Å²) in [6.45, 7) is 1.54. The van der Waals surface area contributed by atoms with Gasteiger partial charge in [0.2, 0.25) is 0 Å². The molecule has 0 spiro atoms. The van der Waals surface area contributed by atoms with Gasteiger partial charge in [0.1, 0.15) is 5.75 Å². The third-order valence-corrected chi connectivity index (χ3v) is 2.24. The Balaban J connectivity index is 2.00. The molecule has 1 N–H and O–H groups in total. The summed E-state index contributed by atoms with van der Waals surface area (Å²) in [6, 6.07) is 9.12. The van der Waals surface area contributed by atoms with Crippen LogP contribution in [-0.2, 0) is 4.79 Å². The highest BCUT2D eigenvalue weighted by Gasteiger charge is 2.13. The van der Waals surface area contributed by atoms with Crippen LogP contribution in [0.15, 0.2) is 42.0 Å². The molecule has 0 radical (unpaired) electrons. The van der Waals surface area contributed by atoms with Crippen LogP contribution in [0.1, 0.15) is 6.42 Å². The van der Waals surface area contributed by atoms with E-state index in [1.165, 1.54) is 0 Å². The molecule has 0 aromatic heterocycles. The first kappa shape index (κ1) is 9.93. The highest BCUT2D eigenvalue weighted by atomic mass is 16.5. The van der Waals surface area contributed by atoms with Crippen LogP contribution >= 0.6 is 0 Å². The SMILES string of the molecule is O=C(Oc1ccccc1)C1=CCCNC1. The van der Waals surface area contributed by atoms with E-state index in [2.05, 4.69) is 5.32 Å². The van der Waals surface area contributed by atoms with Gasteiger partial charge in [-0.05, 0) is 25.1 Å². The Morgan fingerprint density at radius 1 is 1.27 bits per heavy atom. The molecule has 0 aliphatic carbocycles. The van der Waals surface area contributed by atoms with Gasteiger partial charge in [-0.2, -0.15) is 0 Å². The molecule has 3 nitrogen and oxygen atoms in total. The molecule has 1 aliphatic heterocycles. The molecular weight excluding hydrogens is 190 g/mol. The summed E-state index contributed by atoms with van der Waals surface area (Å²) in [6.07, 6.45) is 2.82. The molecule has 0 unspecified atom stereocenters. The fourth-order valence-electron chi connectivity index (χ4n) is 1.46. The predicted molar refractivity (Wildman–Crippen MR) is 57.6 cm³/mol. The summed E-state index contributed by atoms with van der Waals surface area (Å²) >= 11 is 0. The largest absolute Gasteiger partial charge is 0.423 e. The van der Waals surface area contributed by atoms with Crippen LogP contribution in [0.5, 0.6) is 5.75 Å². The minimum Gasteiger partial charge on any atom is -0.423 e. The third kappa shape index (κ3) is 2.67. The van der Waals surface area contributed by atoms with Gasteiger partial charge in [0.25, 0.3) is 0 Å². The lowest BCUT2D eigenvalue weighted by atomic mass is 10.1. The van der Waals surface area contributed by atoms with E-state index in [1.54, 1.807) is 12.1 Å². The second-order valence-corrected chi connectivity index (χ2v) is 3.40. The van der Waals surface area contributed by atoms with Gasteiger partial charge in [-0.3, -0.25) is 0 Å². The minimum atomic E-state index is -0.256. The molecule has 0 bridgehead atoms. The van der Waals surface area contributed by atoms with Gasteiger partial charge in [0.05, 0.1) is 0 Å². The number of nitrogens with one attached hydrogen (secondary N) is 1. The third-order valence-electron chi connectivity index (χ3n) is 2.24. The quantitative estimate of drug-likeness (QED) is 0.585. The Hall–Kier alpha value is -1.61. The van der Waals surface area contributed by atoms with Crippen molar-refractivity contribution in [3.63, 3.8) is 0 Å². The Morgan fingerprint density at radius 3 is 2.73 bits per heavy atom. The predicted octanol–water partition coefficient (Wildman–Crippen LogP) is 1.51. The summed E-state index contributed by atoms with van der Waals surface area (Å²) in [5, 5.41) is 3.13. The summed E-state index contributed by atoms with van der Waals surface area (Å²) in [4.78, 5) is 11.6. The first-order valence-corrected chi connectivity index (χ1v) is 5.03. The molecule has 0 fully saturated rings. The van der Waals surface area contributed by atoms with Crippen molar-refractivity contribution in [3.05, 3.63) is 42.0 Å². The lowest BCUT2D eigenvalue weighted by Gasteiger charge is -2.12. The summed E-state index contributed by atoms with van der Waals surface area (Å²) in [7, 11) is 0. The molecular formula is C12H13NO2. The van der Waals surface area contributed by atoms with Crippen LogP contribution in [-0.4, -0.2) is 19.1 Å². The van der Waals surface area contributed by atoms with E-state index in [1.807, 2.05) is 24.3 Å². The zero-order valence-electron chi connectivity index (χ0n) is 8.40. The van der Waals surface area contributed by atoms with Gasteiger partial charge in [0, 0.05) is 12.1 Å². The highest BCUT2D eigenvalue weighted by molar-refractivity contribution is 5.90. The van der Waals surface area contributed by atoms with Crippen LogP contribution < -0.4 is 10.1 Å². The molecule has 78 valence electrons. The van der Waals surface area contributed by atoms with E-state index < -0.39 is 0 Å². The van der Waals surface area contributed by atoms with Crippen molar-refractivity contribution in [1.82, 2.24) is 5.32 Å². The number of esters is 1. The van der Waals surface area contributed by atoms with Gasteiger partial charge < -0.3 is 10.1 Å². The van der Waals surface area contributed by atoms with Gasteiger partial charge >= 0.3 is 5.97 Å². The number of benzene rings is 1. The molecule has 15 heavy (non-hydrogen) atoms. The molecule has 0 amide bonds. The number of carbonyl (C=O) groups excluding carboxylic acids is 1. The van der Waals surface area contributed by atoms with Crippen LogP contribution in [0.25, 0.3) is 0 Å². The van der Waals surface area contributed by atoms with Crippen LogP contribution in [0.3, 0.4) is 0 Å². The Labute approximate surface area is 88.8 Å². The fourth-order valence-corrected chi connectivity index (χ4v) is 1.46. The highest BCUT2D eigenvalue weighted by Crippen LogP contribution is 2.11. The van der Waals surface area contributed by atoms with Crippen LogP contribution in [0.4, 0.5) is 0 Å². The van der Waals surface area contributed by atoms with E-state index in [0.717, 1.165) is 13.0 Å². The number of para-hydroxylation sites is 1. The van der Waals surface area contributed by atoms with E-state index in [4.69, 9.17) is 4.74 Å². The number of rotatable bonds is 2. The van der Waals surface area contributed by atoms with E-state index in [9.17, 15) is 4.79 Å².